The summed E-state index contributed by atoms with van der Waals surface area (Å²) in [5, 5.41) is 21.2. The van der Waals surface area contributed by atoms with Gasteiger partial charge in [0.05, 0.1) is 74.1 Å². The van der Waals surface area contributed by atoms with Crippen molar-refractivity contribution in [3.8, 4) is 33.6 Å². The van der Waals surface area contributed by atoms with Crippen LogP contribution in [0.15, 0.2) is 121 Å². The first kappa shape index (κ1) is 79.8. The number of aromatic nitrogens is 11. The number of pyridine rings is 3. The van der Waals surface area contributed by atoms with Crippen LogP contribution in [0.25, 0.3) is 44.7 Å². The van der Waals surface area contributed by atoms with Crippen LogP contribution in [0.2, 0.25) is 0 Å². The number of carbonyl (C=O) groups excluding carboxylic acids is 7. The highest BCUT2D eigenvalue weighted by Gasteiger charge is 2.52. The summed E-state index contributed by atoms with van der Waals surface area (Å²) >= 11 is 2.07. The molecule has 0 saturated carbocycles. The van der Waals surface area contributed by atoms with Crippen LogP contribution in [0, 0.1) is 15.4 Å². The number of amides is 5. The molecule has 4 fully saturated rings. The molecular weight excluding hydrogens is 1520 g/mol. The molecule has 7 aromatic heterocycles. The Morgan fingerprint density at radius 2 is 0.973 bits per heavy atom. The zero-order valence-corrected chi connectivity index (χ0v) is 64.7. The smallest absolute Gasteiger partial charge is 0.399 e. The quantitative estimate of drug-likeness (QED) is 0.0229. The molecule has 5 amide bonds. The molecule has 2 unspecified atom stereocenters. The van der Waals surface area contributed by atoms with E-state index in [4.69, 9.17) is 43.0 Å². The minimum Gasteiger partial charge on any atom is -0.399 e. The van der Waals surface area contributed by atoms with Crippen LogP contribution < -0.4 is 45.0 Å². The van der Waals surface area contributed by atoms with Crippen molar-refractivity contribution in [3.63, 3.8) is 0 Å². The van der Waals surface area contributed by atoms with Crippen LogP contribution in [0.3, 0.4) is 0 Å². The second-order valence-electron chi connectivity index (χ2n) is 28.9. The molecule has 2 atom stereocenters. The maximum absolute atomic E-state index is 12.6. The summed E-state index contributed by atoms with van der Waals surface area (Å²) in [6.07, 6.45) is 27.8. The van der Waals surface area contributed by atoms with Gasteiger partial charge in [-0.05, 0) is 151 Å². The van der Waals surface area contributed by atoms with Gasteiger partial charge in [0.2, 0.25) is 29.5 Å². The number of nitrogens with one attached hydrogen (secondary N) is 3. The molecule has 576 valence electrons. The van der Waals surface area contributed by atoms with Crippen LogP contribution >= 0.6 is 22.6 Å². The summed E-state index contributed by atoms with van der Waals surface area (Å²) in [6, 6.07) is 16.5. The largest absolute Gasteiger partial charge is 0.498 e. The molecule has 9 aromatic rings. The average Bonchev–Trinajstić information content (AvgIpc) is 1.62. The van der Waals surface area contributed by atoms with E-state index >= 15 is 0 Å². The predicted octanol–water partition coefficient (Wildman–Crippen LogP) is 7.28. The summed E-state index contributed by atoms with van der Waals surface area (Å²) in [7, 11) is -0.432. The number of H-pyrrole nitrogens is 1. The Balaban J connectivity index is 0.000000145. The first-order chi connectivity index (χ1) is 52.7. The minimum absolute atomic E-state index is 0.0242. The number of carbonyl (C=O) groups is 7. The van der Waals surface area contributed by atoms with Gasteiger partial charge in [0, 0.05) is 150 Å². The van der Waals surface area contributed by atoms with Gasteiger partial charge in [0.25, 0.3) is 0 Å². The Kier molecular flexibility index (Phi) is 26.0. The van der Waals surface area contributed by atoms with E-state index in [-0.39, 0.29) is 83.8 Å². The highest BCUT2D eigenvalue weighted by Crippen LogP contribution is 2.37. The van der Waals surface area contributed by atoms with Crippen LogP contribution in [0.4, 0.5) is 28.8 Å². The third-order valence-corrected chi connectivity index (χ3v) is 20.7. The van der Waals surface area contributed by atoms with Crippen molar-refractivity contribution >= 4 is 129 Å². The van der Waals surface area contributed by atoms with Gasteiger partial charge < -0.3 is 57.7 Å². The second-order valence-corrected chi connectivity index (χ2v) is 30.1. The standard InChI is InChI=1S/C27H29N9O2.C16H26BN3O3.C16H19N5O2.C11H14N4O.C6H5IN2O/c1-16-9-23(37)33-34-25(16)17-5-6-21-22(11-17)32-27(31-21)20-10-18(12-29-26(20)28)19-13-30-36(14-19)15-24(38)35-7-3-2-4-8-35;1-15(2)16(3,4)23-17(22-15)13-10-18-20(11-13)12-14(21)19-8-6-5-7-9-19;17-16-13(11-22)6-12(7-18-16)14-8-19-21(9-14)10-15(23)20-4-2-1-3-5-20;1-6-4-10(16)14-15-11(6)7-2-3-8(12)9(13)5-7;7-5-1-4(3-10)6(8)9-2-5/h5-6,10-14,16H,2-4,7-9,15H2,1H3,(H2,28,29)(H,31,32)(H,33,37);10-11H,5-9,12H2,1-4H3;6-9,11H,1-5,10H2,(H2,17,18);2-3,5-6H,4,12-13H2,1H3,(H,14,16);1-3H,(H2,8,9). The Morgan fingerprint density at radius 1 is 0.527 bits per heavy atom. The van der Waals surface area contributed by atoms with Crippen molar-refractivity contribution < 1.29 is 42.9 Å². The fourth-order valence-corrected chi connectivity index (χ4v) is 13.5. The summed E-state index contributed by atoms with van der Waals surface area (Å²) in [4.78, 5) is 107. The Morgan fingerprint density at radius 3 is 1.45 bits per heavy atom. The first-order valence-electron chi connectivity index (χ1n) is 36.7. The number of anilines is 5. The number of hydrogen-bond donors (Lipinski definition) is 8. The number of rotatable bonds is 14. The van der Waals surface area contributed by atoms with E-state index in [9.17, 15) is 33.6 Å². The van der Waals surface area contributed by atoms with Gasteiger partial charge in [-0.2, -0.15) is 25.5 Å². The van der Waals surface area contributed by atoms with Crippen molar-refractivity contribution in [2.45, 2.75) is 143 Å². The number of halogens is 1. The van der Waals surface area contributed by atoms with Gasteiger partial charge in [0.1, 0.15) is 42.9 Å². The van der Waals surface area contributed by atoms with E-state index in [1.807, 2.05) is 99.0 Å². The molecule has 32 nitrogen and oxygen atoms in total. The van der Waals surface area contributed by atoms with Crippen molar-refractivity contribution in [3.05, 3.63) is 136 Å². The molecule has 13 heterocycles. The molecule has 110 heavy (non-hydrogen) atoms. The van der Waals surface area contributed by atoms with Gasteiger partial charge in [-0.15, -0.1) is 0 Å². The number of hydrazone groups is 2. The molecule has 0 radical (unpaired) electrons. The number of nitrogens with two attached hydrogens (primary N) is 5. The number of aromatic amines is 1. The number of benzene rings is 2. The molecule has 6 aliphatic rings. The lowest BCUT2D eigenvalue weighted by Crippen LogP contribution is -2.41. The predicted molar refractivity (Wildman–Crippen MR) is 428 cm³/mol. The number of piperidine rings is 3. The normalized spacial score (nSPS) is 17.9. The Hall–Kier alpha value is -11.3. The van der Waals surface area contributed by atoms with E-state index in [0.29, 0.717) is 65.1 Å². The third kappa shape index (κ3) is 20.2. The number of hydrogen-bond acceptors (Lipinski definition) is 23. The molecule has 0 spiro atoms. The van der Waals surface area contributed by atoms with Crippen LogP contribution in [0.5, 0.6) is 0 Å². The zero-order valence-electron chi connectivity index (χ0n) is 62.6. The van der Waals surface area contributed by atoms with Crippen LogP contribution in [0.1, 0.15) is 144 Å². The number of nitrogens with zero attached hydrogens (tertiary/aromatic N) is 15. The van der Waals surface area contributed by atoms with E-state index < -0.39 is 7.12 Å². The number of aldehydes is 2. The van der Waals surface area contributed by atoms with Crippen LogP contribution in [-0.4, -0.2) is 180 Å². The van der Waals surface area contributed by atoms with Crippen molar-refractivity contribution in [2.75, 3.05) is 67.9 Å². The average molecular weight is 1610 g/mol. The monoisotopic (exact) mass is 1610 g/mol. The SMILES string of the molecule is CC1(C)OB(c2cnn(CC(=O)N3CCCCC3)c2)OC1(C)C.CC1CC(=O)NN=C1c1ccc(N)c(N)c1.CC1CC(=O)NN=C1c1ccc2nc(-c3cc(-c4cnn(CC(=O)N5CCCCC5)c4)cnc3N)[nH]c2c1.Nc1ncc(-c2cnn(CC(=O)N3CCCCC3)c2)cc1C=O.Nc1ncc(I)cc1C=O. The van der Waals surface area contributed by atoms with Gasteiger partial charge >= 0.3 is 7.12 Å². The summed E-state index contributed by atoms with van der Waals surface area (Å²) < 4.78 is 17.9. The highest BCUT2D eigenvalue weighted by molar-refractivity contribution is 14.1. The topological polar surface area (TPSA) is 447 Å². The highest BCUT2D eigenvalue weighted by atomic mass is 127. The molecule has 4 saturated heterocycles. The lowest BCUT2D eigenvalue weighted by atomic mass is 9.82. The van der Waals surface area contributed by atoms with Crippen LogP contribution in [-0.2, 0) is 52.9 Å². The van der Waals surface area contributed by atoms with Crippen molar-refractivity contribution in [1.82, 2.24) is 79.8 Å². The molecule has 0 aliphatic carbocycles. The second kappa shape index (κ2) is 35.8. The molecule has 0 bridgehead atoms. The van der Waals surface area contributed by atoms with E-state index in [1.54, 1.807) is 81.7 Å². The Bertz CT molecular complexity index is 4880. The number of likely N-dealkylation sites (tertiary alicyclic amines) is 3. The number of imidazole rings is 1. The first-order valence-corrected chi connectivity index (χ1v) is 37.8. The van der Waals surface area contributed by atoms with Gasteiger partial charge in [-0.1, -0.05) is 26.0 Å². The molecule has 15 rings (SSSR count). The van der Waals surface area contributed by atoms with Crippen molar-refractivity contribution in [2.24, 2.45) is 22.0 Å². The molecule has 13 N–H and O–H groups in total. The fraction of sp³-hybridized carbons (Fsp3) is 0.395. The maximum atomic E-state index is 12.6. The summed E-state index contributed by atoms with van der Waals surface area (Å²) in [5.41, 5.74) is 44.6. The third-order valence-electron chi connectivity index (χ3n) is 20.1. The van der Waals surface area contributed by atoms with Crippen molar-refractivity contribution in [1.29, 1.82) is 0 Å². The fourth-order valence-electron chi connectivity index (χ4n) is 13.1. The van der Waals surface area contributed by atoms with Gasteiger partial charge in [0.15, 0.2) is 12.6 Å². The lowest BCUT2D eigenvalue weighted by molar-refractivity contribution is -0.133. The molecule has 34 heteroatoms. The summed E-state index contributed by atoms with van der Waals surface area (Å²) in [6.45, 7) is 17.8. The zero-order chi connectivity index (χ0) is 78.4. The van der Waals surface area contributed by atoms with E-state index in [2.05, 4.69) is 78.9 Å². The van der Waals surface area contributed by atoms with E-state index in [0.717, 1.165) is 143 Å². The Labute approximate surface area is 650 Å². The minimum atomic E-state index is -0.432. The molecule has 6 aliphatic heterocycles. The number of nitrogen functional groups attached to an aromatic ring is 5. The van der Waals surface area contributed by atoms with E-state index in [1.165, 1.54) is 19.3 Å². The lowest BCUT2D eigenvalue weighted by Gasteiger charge is -2.32. The molecular formula is C76H93BIN23O9. The summed E-state index contributed by atoms with van der Waals surface area (Å²) in [5.74, 6) is 1.75. The molecule has 2 aromatic carbocycles. The maximum Gasteiger partial charge on any atom is 0.498 e. The van der Waals surface area contributed by atoms with Gasteiger partial charge in [-0.3, -0.25) is 47.6 Å². The van der Waals surface area contributed by atoms with Gasteiger partial charge in [-0.25, -0.2) is 30.8 Å². The number of fused-ring (bicyclic) bond motifs is 1.